The van der Waals surface area contributed by atoms with Gasteiger partial charge in [0.2, 0.25) is 0 Å². The number of Topliss-reactive ketones (excluding diaryl/α,β-unsaturated/α-hetero) is 1. The number of ketones is 1. The van der Waals surface area contributed by atoms with Gasteiger partial charge in [-0.2, -0.15) is 5.26 Å². The van der Waals surface area contributed by atoms with Crippen molar-refractivity contribution < 1.29 is 4.79 Å². The fraction of sp³-hybridized carbons (Fsp3) is 0.409. The second kappa shape index (κ2) is 8.90. The molecule has 27 heavy (non-hydrogen) atoms. The van der Waals surface area contributed by atoms with E-state index in [1.165, 1.54) is 12.0 Å². The standard InChI is InChI=1S/C22H26N4O/c1-17(27)12-21-6-5-19(15-24-21)22-7-4-18(13-20(22)14-23)16-26-9-3-8-25(2)10-11-26/h4-7,13,15H,3,8-12,16H2,1-2H3. The van der Waals surface area contributed by atoms with Crippen LogP contribution in [0.15, 0.2) is 36.5 Å². The molecule has 1 fully saturated rings. The Morgan fingerprint density at radius 1 is 1.19 bits per heavy atom. The van der Waals surface area contributed by atoms with Crippen LogP contribution in [0.3, 0.4) is 0 Å². The molecule has 0 radical (unpaired) electrons. The van der Waals surface area contributed by atoms with Crippen LogP contribution >= 0.6 is 0 Å². The maximum Gasteiger partial charge on any atom is 0.135 e. The van der Waals surface area contributed by atoms with Gasteiger partial charge in [-0.3, -0.25) is 14.7 Å². The molecular weight excluding hydrogens is 336 g/mol. The molecular formula is C22H26N4O. The summed E-state index contributed by atoms with van der Waals surface area (Å²) in [6.07, 6.45) is 3.27. The van der Waals surface area contributed by atoms with Gasteiger partial charge in [0.25, 0.3) is 0 Å². The third-order valence-electron chi connectivity index (χ3n) is 4.99. The number of rotatable bonds is 5. The number of hydrogen-bond acceptors (Lipinski definition) is 5. The lowest BCUT2D eigenvalue weighted by molar-refractivity contribution is -0.116. The Balaban J connectivity index is 1.76. The molecule has 0 bridgehead atoms. The van der Waals surface area contributed by atoms with E-state index in [0.717, 1.165) is 49.5 Å². The molecule has 5 nitrogen and oxygen atoms in total. The van der Waals surface area contributed by atoms with Crippen LogP contribution in [0.2, 0.25) is 0 Å². The van der Waals surface area contributed by atoms with Crippen molar-refractivity contribution in [1.82, 2.24) is 14.8 Å². The van der Waals surface area contributed by atoms with Crippen LogP contribution < -0.4 is 0 Å². The SMILES string of the molecule is CC(=O)Cc1ccc(-c2ccc(CN3CCCN(C)CC3)cc2C#N)cn1. The van der Waals surface area contributed by atoms with Crippen molar-refractivity contribution in [3.63, 3.8) is 0 Å². The molecule has 0 unspecified atom stereocenters. The summed E-state index contributed by atoms with van der Waals surface area (Å²) in [6, 6.07) is 12.2. The molecule has 140 valence electrons. The molecule has 1 aromatic heterocycles. The van der Waals surface area contributed by atoms with E-state index in [-0.39, 0.29) is 5.78 Å². The number of aromatic nitrogens is 1. The van der Waals surface area contributed by atoms with Gasteiger partial charge in [0, 0.05) is 49.1 Å². The topological polar surface area (TPSA) is 60.2 Å². The molecule has 0 amide bonds. The first-order valence-electron chi connectivity index (χ1n) is 9.44. The highest BCUT2D eigenvalue weighted by molar-refractivity contribution is 5.78. The predicted octanol–water partition coefficient (Wildman–Crippen LogP) is 2.89. The number of nitrogens with zero attached hydrogens (tertiary/aromatic N) is 4. The first-order chi connectivity index (χ1) is 13.0. The second-order valence-electron chi connectivity index (χ2n) is 7.34. The first kappa shape index (κ1) is 19.2. The summed E-state index contributed by atoms with van der Waals surface area (Å²) < 4.78 is 0. The molecule has 0 spiro atoms. The lowest BCUT2D eigenvalue weighted by Gasteiger charge is -2.20. The molecule has 5 heteroatoms. The zero-order valence-electron chi connectivity index (χ0n) is 16.1. The van der Waals surface area contributed by atoms with E-state index in [1.807, 2.05) is 24.3 Å². The molecule has 0 saturated carbocycles. The summed E-state index contributed by atoms with van der Waals surface area (Å²) in [4.78, 5) is 20.4. The number of nitriles is 1. The maximum atomic E-state index is 11.2. The number of likely N-dealkylation sites (N-methyl/N-ethyl adjacent to an activating group) is 1. The minimum atomic E-state index is 0.0945. The monoisotopic (exact) mass is 362 g/mol. The van der Waals surface area contributed by atoms with Crippen LogP contribution in [0, 0.1) is 11.3 Å². The van der Waals surface area contributed by atoms with Gasteiger partial charge in [-0.1, -0.05) is 18.2 Å². The molecule has 1 saturated heterocycles. The van der Waals surface area contributed by atoms with Crippen molar-refractivity contribution in [3.8, 4) is 17.2 Å². The quantitative estimate of drug-likeness (QED) is 0.818. The van der Waals surface area contributed by atoms with Gasteiger partial charge in [-0.15, -0.1) is 0 Å². The lowest BCUT2D eigenvalue weighted by Crippen LogP contribution is -2.28. The number of carbonyl (C=O) groups excluding carboxylic acids is 1. The van der Waals surface area contributed by atoms with Crippen LogP contribution in [0.5, 0.6) is 0 Å². The van der Waals surface area contributed by atoms with E-state index in [9.17, 15) is 10.1 Å². The van der Waals surface area contributed by atoms with Crippen LogP contribution in [0.4, 0.5) is 0 Å². The highest BCUT2D eigenvalue weighted by atomic mass is 16.1. The minimum Gasteiger partial charge on any atom is -0.305 e. The highest BCUT2D eigenvalue weighted by Gasteiger charge is 2.14. The molecule has 0 N–H and O–H groups in total. The molecule has 0 atom stereocenters. The third kappa shape index (κ3) is 5.22. The number of hydrogen-bond donors (Lipinski definition) is 0. The Kier molecular flexibility index (Phi) is 6.33. The molecule has 2 aromatic rings. The fourth-order valence-electron chi connectivity index (χ4n) is 3.49. The normalized spacial score (nSPS) is 15.9. The number of benzene rings is 1. The van der Waals surface area contributed by atoms with Crippen molar-refractivity contribution in [1.29, 1.82) is 5.26 Å². The summed E-state index contributed by atoms with van der Waals surface area (Å²) >= 11 is 0. The van der Waals surface area contributed by atoms with Crippen molar-refractivity contribution in [3.05, 3.63) is 53.3 Å². The van der Waals surface area contributed by atoms with E-state index in [0.29, 0.717) is 12.0 Å². The van der Waals surface area contributed by atoms with Gasteiger partial charge in [0.05, 0.1) is 11.6 Å². The zero-order valence-corrected chi connectivity index (χ0v) is 16.1. The van der Waals surface area contributed by atoms with Gasteiger partial charge in [0.15, 0.2) is 0 Å². The van der Waals surface area contributed by atoms with E-state index in [2.05, 4.69) is 34.0 Å². The van der Waals surface area contributed by atoms with Gasteiger partial charge in [-0.05, 0) is 51.2 Å². The fourth-order valence-corrected chi connectivity index (χ4v) is 3.49. The minimum absolute atomic E-state index is 0.0945. The Hall–Kier alpha value is -2.55. The summed E-state index contributed by atoms with van der Waals surface area (Å²) in [5, 5.41) is 9.63. The zero-order chi connectivity index (χ0) is 19.2. The molecule has 2 heterocycles. The van der Waals surface area contributed by atoms with Crippen LogP contribution in [0.25, 0.3) is 11.1 Å². The average molecular weight is 362 g/mol. The highest BCUT2D eigenvalue weighted by Crippen LogP contribution is 2.25. The Labute approximate surface area is 161 Å². The van der Waals surface area contributed by atoms with E-state index >= 15 is 0 Å². The predicted molar refractivity (Wildman–Crippen MR) is 106 cm³/mol. The van der Waals surface area contributed by atoms with Crippen molar-refractivity contribution in [2.75, 3.05) is 33.2 Å². The average Bonchev–Trinajstić information content (AvgIpc) is 2.86. The van der Waals surface area contributed by atoms with Crippen LogP contribution in [-0.4, -0.2) is 53.8 Å². The van der Waals surface area contributed by atoms with Crippen LogP contribution in [-0.2, 0) is 17.8 Å². The van der Waals surface area contributed by atoms with Gasteiger partial charge < -0.3 is 4.90 Å². The van der Waals surface area contributed by atoms with E-state index in [4.69, 9.17) is 0 Å². The molecule has 1 aliphatic rings. The molecule has 1 aromatic carbocycles. The number of pyridine rings is 1. The summed E-state index contributed by atoms with van der Waals surface area (Å²) in [7, 11) is 2.17. The van der Waals surface area contributed by atoms with Crippen molar-refractivity contribution in [2.45, 2.75) is 26.3 Å². The van der Waals surface area contributed by atoms with Gasteiger partial charge in [-0.25, -0.2) is 0 Å². The molecule has 3 rings (SSSR count). The first-order valence-corrected chi connectivity index (χ1v) is 9.44. The third-order valence-corrected chi connectivity index (χ3v) is 4.99. The Morgan fingerprint density at radius 3 is 2.74 bits per heavy atom. The smallest absolute Gasteiger partial charge is 0.135 e. The second-order valence-corrected chi connectivity index (χ2v) is 7.34. The summed E-state index contributed by atoms with van der Waals surface area (Å²) in [5.74, 6) is 0.0945. The van der Waals surface area contributed by atoms with Crippen LogP contribution in [0.1, 0.15) is 30.2 Å². The van der Waals surface area contributed by atoms with Crippen molar-refractivity contribution in [2.24, 2.45) is 0 Å². The maximum absolute atomic E-state index is 11.2. The van der Waals surface area contributed by atoms with Gasteiger partial charge >= 0.3 is 0 Å². The van der Waals surface area contributed by atoms with Gasteiger partial charge in [0.1, 0.15) is 5.78 Å². The lowest BCUT2D eigenvalue weighted by atomic mass is 9.98. The number of carbonyl (C=O) groups is 1. The summed E-state index contributed by atoms with van der Waals surface area (Å²) in [5.41, 5.74) is 4.38. The largest absolute Gasteiger partial charge is 0.305 e. The van der Waals surface area contributed by atoms with Crippen molar-refractivity contribution >= 4 is 5.78 Å². The van der Waals surface area contributed by atoms with E-state index in [1.54, 1.807) is 13.1 Å². The molecule has 0 aliphatic carbocycles. The van der Waals surface area contributed by atoms with E-state index < -0.39 is 0 Å². The Bertz CT molecular complexity index is 838. The summed E-state index contributed by atoms with van der Waals surface area (Å²) in [6.45, 7) is 6.81. The molecule has 1 aliphatic heterocycles. The Morgan fingerprint density at radius 2 is 2.04 bits per heavy atom.